The molecule has 0 spiro atoms. The molecule has 0 aliphatic carbocycles. The molecule has 5 aromatic rings. The van der Waals surface area contributed by atoms with E-state index in [-0.39, 0.29) is 72.3 Å². The number of nitrogens with zero attached hydrogens (tertiary/aromatic N) is 3. The van der Waals surface area contributed by atoms with Crippen LogP contribution in [0.5, 0.6) is 5.75 Å². The number of anilines is 3. The largest absolute Gasteiger partial charge is 0.531 e. The van der Waals surface area contributed by atoms with Gasteiger partial charge in [0, 0.05) is 83.5 Å². The Balaban J connectivity index is 1.07. The third-order valence-corrected chi connectivity index (χ3v) is 16.1. The number of rotatable bonds is 16. The quantitative estimate of drug-likeness (QED) is 0.0575. The van der Waals surface area contributed by atoms with Crippen molar-refractivity contribution >= 4 is 109 Å². The number of fused-ring (bicyclic) bond motifs is 6. The van der Waals surface area contributed by atoms with Gasteiger partial charge in [0.05, 0.1) is 22.6 Å². The van der Waals surface area contributed by atoms with Crippen LogP contribution >= 0.6 is 52.6 Å². The average Bonchev–Trinajstić information content (AvgIpc) is 3.82. The van der Waals surface area contributed by atoms with Crippen LogP contribution in [0, 0.1) is 0 Å². The summed E-state index contributed by atoms with van der Waals surface area (Å²) in [6.45, 7) is 13.5. The molecule has 12 nitrogen and oxygen atoms in total. The second-order valence-electron chi connectivity index (χ2n) is 18.1. The smallest absolute Gasteiger partial charge is 0.448 e. The van der Waals surface area contributed by atoms with Gasteiger partial charge >= 0.3 is 13.9 Å². The lowest BCUT2D eigenvalue weighted by Crippen LogP contribution is -2.32. The van der Waals surface area contributed by atoms with Crippen LogP contribution in [0.1, 0.15) is 90.7 Å². The highest BCUT2D eigenvalue weighted by atomic mass is 35.5. The maximum Gasteiger partial charge on any atom is 0.531 e. The van der Waals surface area contributed by atoms with Crippen molar-refractivity contribution < 1.29 is 37.3 Å². The number of phosphoric acid groups is 1. The minimum absolute atomic E-state index is 0.00499. The van der Waals surface area contributed by atoms with Crippen molar-refractivity contribution in [1.82, 2.24) is 4.98 Å². The summed E-state index contributed by atoms with van der Waals surface area (Å²) in [4.78, 5) is 49.3. The molecule has 1 aromatic heterocycles. The van der Waals surface area contributed by atoms with Crippen molar-refractivity contribution in [3.8, 4) is 5.75 Å². The molecular weight excluding hydrogens is 927 g/mol. The standard InChI is InChI=1S/C48H55Cl2N4O8PS2/c1-30(64-65-41-19-12-13-22-51-41)29-59-46(57)52-37-23-38-44(35-17-10-8-15-33(35)37)31(25-49)27-53(38)42(55)20-14-21-43(56)54-28-32(26-50)45-36-18-11-9-16-34(36)40(24-39(45)54)60-63(58,61-47(2,3)4)62-48(5,6)7/h8-13,15-19,22-24,30-32H,14,20-21,25-29H2,1-7H3,(H,52,57)/t30-,31?,32+/m0/s1. The second-order valence-corrected chi connectivity index (χ2v) is 22.9. The molecule has 65 heavy (non-hydrogen) atoms. The van der Waals surface area contributed by atoms with Crippen molar-refractivity contribution in [2.75, 3.05) is 46.6 Å². The molecule has 7 rings (SSSR count). The zero-order valence-corrected chi connectivity index (χ0v) is 41.6. The van der Waals surface area contributed by atoms with E-state index >= 15 is 0 Å². The Morgan fingerprint density at radius 2 is 1.31 bits per heavy atom. The Hall–Kier alpha value is -4.01. The number of benzene rings is 4. The molecule has 0 bridgehead atoms. The first-order valence-electron chi connectivity index (χ1n) is 21.6. The molecule has 3 amide bonds. The van der Waals surface area contributed by atoms with E-state index in [1.807, 2.05) is 79.7 Å². The Bertz CT molecular complexity index is 2590. The first-order valence-corrected chi connectivity index (χ1v) is 26.3. The highest BCUT2D eigenvalue weighted by molar-refractivity contribution is 8.76. The molecule has 1 unspecified atom stereocenters. The number of carbonyl (C=O) groups is 3. The van der Waals surface area contributed by atoms with Crippen molar-refractivity contribution in [3.63, 3.8) is 0 Å². The van der Waals surface area contributed by atoms with E-state index in [9.17, 15) is 18.9 Å². The SMILES string of the molecule is C[C@@H](COC(=O)Nc1cc2c(c3ccccc13)C(CCl)CN2C(=O)CCCC(=O)N1C[C@@H](CCl)c2c1cc(OP(=O)(OC(C)(C)C)OC(C)(C)C)c1ccccc21)SSc1ccccn1. The van der Waals surface area contributed by atoms with Crippen molar-refractivity contribution in [2.24, 2.45) is 0 Å². The third kappa shape index (κ3) is 11.8. The van der Waals surface area contributed by atoms with Gasteiger partial charge in [0.15, 0.2) is 0 Å². The molecular formula is C48H55Cl2N4O8PS2. The van der Waals surface area contributed by atoms with Crippen molar-refractivity contribution in [1.29, 1.82) is 0 Å². The summed E-state index contributed by atoms with van der Waals surface area (Å²) in [6, 6.07) is 24.5. The van der Waals surface area contributed by atoms with Crippen LogP contribution in [0.4, 0.5) is 21.9 Å². The molecule has 2 aliphatic rings. The molecule has 0 saturated carbocycles. The van der Waals surface area contributed by atoms with E-state index in [4.69, 9.17) is 41.5 Å². The lowest BCUT2D eigenvalue weighted by molar-refractivity contribution is -0.119. The van der Waals surface area contributed by atoms with Gasteiger partial charge in [0.2, 0.25) is 11.8 Å². The van der Waals surface area contributed by atoms with Crippen molar-refractivity contribution in [2.45, 2.75) is 101 Å². The van der Waals surface area contributed by atoms with Crippen LogP contribution in [0.15, 0.2) is 90.1 Å². The number of ether oxygens (including phenoxy) is 1. The lowest BCUT2D eigenvalue weighted by Gasteiger charge is -2.31. The van der Waals surface area contributed by atoms with Gasteiger partial charge in [-0.15, -0.1) is 23.2 Å². The number of nitrogens with one attached hydrogen (secondary N) is 1. The van der Waals surface area contributed by atoms with Gasteiger partial charge in [0.1, 0.15) is 17.4 Å². The van der Waals surface area contributed by atoms with Gasteiger partial charge in [-0.05, 0) is 106 Å². The van der Waals surface area contributed by atoms with Gasteiger partial charge in [-0.25, -0.2) is 14.3 Å². The number of amides is 3. The predicted molar refractivity (Wildman–Crippen MR) is 265 cm³/mol. The summed E-state index contributed by atoms with van der Waals surface area (Å²) < 4.78 is 38.1. The van der Waals surface area contributed by atoms with Gasteiger partial charge in [-0.3, -0.25) is 24.0 Å². The fraction of sp³-hybridized carbons (Fsp3) is 0.417. The summed E-state index contributed by atoms with van der Waals surface area (Å²) >= 11 is 13.1. The van der Waals surface area contributed by atoms with Crippen LogP contribution in [0.2, 0.25) is 0 Å². The normalized spacial score (nSPS) is 16.7. The molecule has 17 heteroatoms. The Kier molecular flexibility index (Phi) is 15.4. The highest BCUT2D eigenvalue weighted by Gasteiger charge is 2.41. The monoisotopic (exact) mass is 980 g/mol. The lowest BCUT2D eigenvalue weighted by atomic mass is 9.95. The van der Waals surface area contributed by atoms with Crippen LogP contribution in [-0.4, -0.2) is 70.8 Å². The number of phosphoric ester groups is 1. The molecule has 2 aliphatic heterocycles. The zero-order chi connectivity index (χ0) is 46.7. The maximum atomic E-state index is 14.3. The zero-order valence-electron chi connectivity index (χ0n) is 37.6. The predicted octanol–water partition coefficient (Wildman–Crippen LogP) is 13.1. The second kappa shape index (κ2) is 20.5. The number of halogens is 2. The minimum atomic E-state index is -4.20. The highest BCUT2D eigenvalue weighted by Crippen LogP contribution is 2.57. The molecule has 3 atom stereocenters. The Morgan fingerprint density at radius 1 is 0.785 bits per heavy atom. The summed E-state index contributed by atoms with van der Waals surface area (Å²) in [5, 5.41) is 6.98. The van der Waals surface area contributed by atoms with Gasteiger partial charge in [-0.2, -0.15) is 0 Å². The summed E-state index contributed by atoms with van der Waals surface area (Å²) in [7, 11) is -1.12. The van der Waals surface area contributed by atoms with Crippen LogP contribution in [-0.2, 0) is 27.9 Å². The van der Waals surface area contributed by atoms with E-state index in [2.05, 4.69) is 10.3 Å². The average molecular weight is 982 g/mol. The van der Waals surface area contributed by atoms with E-state index in [0.717, 1.165) is 32.3 Å². The summed E-state index contributed by atoms with van der Waals surface area (Å²) in [5.74, 6) is 0.129. The number of alkyl halides is 2. The first kappa shape index (κ1) is 48.9. The van der Waals surface area contributed by atoms with Gasteiger partial charge < -0.3 is 19.1 Å². The molecule has 1 N–H and O–H groups in total. The molecule has 0 radical (unpaired) electrons. The molecule has 346 valence electrons. The molecule has 0 saturated heterocycles. The van der Waals surface area contributed by atoms with E-state index in [0.29, 0.717) is 35.5 Å². The van der Waals surface area contributed by atoms with E-state index in [1.54, 1.807) is 74.4 Å². The first-order chi connectivity index (χ1) is 30.9. The Morgan fingerprint density at radius 3 is 1.85 bits per heavy atom. The minimum Gasteiger partial charge on any atom is -0.448 e. The topological polar surface area (TPSA) is 137 Å². The van der Waals surface area contributed by atoms with Crippen LogP contribution < -0.4 is 19.6 Å². The van der Waals surface area contributed by atoms with E-state index in [1.165, 1.54) is 10.8 Å². The summed E-state index contributed by atoms with van der Waals surface area (Å²) in [5.41, 5.74) is 1.88. The van der Waals surface area contributed by atoms with Gasteiger partial charge in [0.25, 0.3) is 0 Å². The van der Waals surface area contributed by atoms with E-state index < -0.39 is 25.1 Å². The van der Waals surface area contributed by atoms with Crippen LogP contribution in [0.25, 0.3) is 21.5 Å². The maximum absolute atomic E-state index is 14.3. The van der Waals surface area contributed by atoms with Gasteiger partial charge in [-0.1, -0.05) is 65.4 Å². The number of pyridine rings is 1. The molecule has 4 aromatic carbocycles. The molecule has 3 heterocycles. The number of hydrogen-bond acceptors (Lipinski definition) is 11. The summed E-state index contributed by atoms with van der Waals surface area (Å²) in [6.07, 6.45) is 1.58. The Labute approximate surface area is 398 Å². The fourth-order valence-electron chi connectivity index (χ4n) is 8.16. The number of carbonyl (C=O) groups excluding carboxylic acids is 3. The number of aromatic nitrogens is 1. The van der Waals surface area contributed by atoms with Crippen molar-refractivity contribution in [3.05, 3.63) is 96.2 Å². The molecule has 0 fully saturated rings. The van der Waals surface area contributed by atoms with Crippen LogP contribution in [0.3, 0.4) is 0 Å². The number of hydrogen-bond donors (Lipinski definition) is 1. The fourth-order valence-corrected chi connectivity index (χ4v) is 12.4. The third-order valence-electron chi connectivity index (χ3n) is 10.7.